The first-order valence-corrected chi connectivity index (χ1v) is 7.21. The topological polar surface area (TPSA) is 66.9 Å². The van der Waals surface area contributed by atoms with Crippen LogP contribution in [-0.2, 0) is 4.79 Å². The van der Waals surface area contributed by atoms with E-state index in [4.69, 9.17) is 0 Å². The highest BCUT2D eigenvalue weighted by molar-refractivity contribution is 5.95. The third-order valence-corrected chi connectivity index (χ3v) is 3.75. The van der Waals surface area contributed by atoms with Crippen molar-refractivity contribution in [1.82, 2.24) is 15.3 Å². The lowest BCUT2D eigenvalue weighted by Crippen LogP contribution is -2.34. The molecular formula is C16H18N4O. The van der Waals surface area contributed by atoms with E-state index in [0.29, 0.717) is 5.82 Å². The Labute approximate surface area is 123 Å². The van der Waals surface area contributed by atoms with E-state index in [2.05, 4.69) is 20.6 Å². The van der Waals surface area contributed by atoms with Gasteiger partial charge in [0.1, 0.15) is 12.1 Å². The van der Waals surface area contributed by atoms with E-state index >= 15 is 0 Å². The van der Waals surface area contributed by atoms with Crippen LogP contribution in [0.1, 0.15) is 12.8 Å². The van der Waals surface area contributed by atoms with E-state index in [1.807, 2.05) is 30.3 Å². The number of rotatable bonds is 3. The average molecular weight is 282 g/mol. The van der Waals surface area contributed by atoms with Crippen molar-refractivity contribution in [2.75, 3.05) is 18.4 Å². The molecule has 2 N–H and O–H groups in total. The second kappa shape index (κ2) is 6.45. The maximum absolute atomic E-state index is 12.4. The van der Waals surface area contributed by atoms with Gasteiger partial charge in [-0.1, -0.05) is 30.3 Å². The molecule has 0 saturated carbocycles. The van der Waals surface area contributed by atoms with Crippen molar-refractivity contribution >= 4 is 11.7 Å². The minimum atomic E-state index is 0.0485. The molecule has 0 spiro atoms. The molecule has 3 rings (SSSR count). The van der Waals surface area contributed by atoms with Crippen LogP contribution >= 0.6 is 0 Å². The van der Waals surface area contributed by atoms with Gasteiger partial charge in [0.2, 0.25) is 5.91 Å². The molecule has 0 unspecified atom stereocenters. The van der Waals surface area contributed by atoms with E-state index in [1.165, 1.54) is 6.33 Å². The molecule has 0 radical (unpaired) electrons. The number of amides is 1. The highest BCUT2D eigenvalue weighted by Crippen LogP contribution is 2.25. The lowest BCUT2D eigenvalue weighted by molar-refractivity contribution is -0.120. The Morgan fingerprint density at radius 3 is 2.71 bits per heavy atom. The Balaban J connectivity index is 1.81. The van der Waals surface area contributed by atoms with Gasteiger partial charge in [0.15, 0.2) is 0 Å². The van der Waals surface area contributed by atoms with E-state index in [-0.39, 0.29) is 11.8 Å². The third kappa shape index (κ3) is 3.25. The summed E-state index contributed by atoms with van der Waals surface area (Å²) in [5.41, 5.74) is 1.85. The van der Waals surface area contributed by atoms with E-state index < -0.39 is 0 Å². The van der Waals surface area contributed by atoms with Gasteiger partial charge < -0.3 is 10.6 Å². The molecule has 0 aliphatic carbocycles. The third-order valence-electron chi connectivity index (χ3n) is 3.75. The predicted molar refractivity (Wildman–Crippen MR) is 81.7 cm³/mol. The summed E-state index contributed by atoms with van der Waals surface area (Å²) in [5, 5.41) is 6.23. The lowest BCUT2D eigenvalue weighted by Gasteiger charge is -2.22. The van der Waals surface area contributed by atoms with Gasteiger partial charge in [-0.05, 0) is 31.5 Å². The fourth-order valence-corrected chi connectivity index (χ4v) is 2.56. The maximum Gasteiger partial charge on any atom is 0.228 e. The highest BCUT2D eigenvalue weighted by Gasteiger charge is 2.22. The molecule has 1 saturated heterocycles. The number of hydrogen-bond acceptors (Lipinski definition) is 4. The number of nitrogens with zero attached hydrogens (tertiary/aromatic N) is 2. The normalized spacial score (nSPS) is 15.6. The van der Waals surface area contributed by atoms with Gasteiger partial charge in [-0.3, -0.25) is 4.79 Å². The summed E-state index contributed by atoms with van der Waals surface area (Å²) in [6, 6.07) is 9.85. The average Bonchev–Trinajstić information content (AvgIpc) is 2.57. The minimum Gasteiger partial charge on any atom is -0.317 e. The van der Waals surface area contributed by atoms with Gasteiger partial charge in [0, 0.05) is 17.7 Å². The molecule has 1 fully saturated rings. The van der Waals surface area contributed by atoms with Crippen LogP contribution < -0.4 is 10.6 Å². The molecule has 2 heterocycles. The first kappa shape index (κ1) is 13.7. The molecule has 1 aliphatic heterocycles. The zero-order chi connectivity index (χ0) is 14.5. The first-order valence-electron chi connectivity index (χ1n) is 7.21. The Kier molecular flexibility index (Phi) is 4.21. The largest absolute Gasteiger partial charge is 0.317 e. The Hall–Kier alpha value is -2.27. The van der Waals surface area contributed by atoms with Crippen molar-refractivity contribution in [2.24, 2.45) is 5.92 Å². The van der Waals surface area contributed by atoms with E-state index in [0.717, 1.165) is 37.1 Å². The summed E-state index contributed by atoms with van der Waals surface area (Å²) in [5.74, 6) is 0.692. The molecule has 108 valence electrons. The number of benzene rings is 1. The van der Waals surface area contributed by atoms with Gasteiger partial charge in [-0.25, -0.2) is 9.97 Å². The van der Waals surface area contributed by atoms with E-state index in [1.54, 1.807) is 6.20 Å². The number of hydrogen-bond donors (Lipinski definition) is 2. The summed E-state index contributed by atoms with van der Waals surface area (Å²) in [7, 11) is 0. The van der Waals surface area contributed by atoms with Crippen molar-refractivity contribution in [3.05, 3.63) is 42.9 Å². The standard InChI is InChI=1S/C16H18N4O/c21-16(13-6-8-17-9-7-13)20-15-14(10-18-11-19-15)12-4-2-1-3-5-12/h1-5,10-11,13,17H,6-9H2,(H,18,19,20,21). The van der Waals surface area contributed by atoms with Crippen molar-refractivity contribution in [3.8, 4) is 11.1 Å². The zero-order valence-corrected chi connectivity index (χ0v) is 11.7. The molecule has 5 nitrogen and oxygen atoms in total. The molecule has 1 aliphatic rings. The molecule has 0 atom stereocenters. The Morgan fingerprint density at radius 2 is 1.95 bits per heavy atom. The Morgan fingerprint density at radius 1 is 1.19 bits per heavy atom. The maximum atomic E-state index is 12.4. The fourth-order valence-electron chi connectivity index (χ4n) is 2.56. The quantitative estimate of drug-likeness (QED) is 0.904. The van der Waals surface area contributed by atoms with Crippen LogP contribution in [0.3, 0.4) is 0 Å². The number of carbonyl (C=O) groups is 1. The minimum absolute atomic E-state index is 0.0485. The predicted octanol–water partition coefficient (Wildman–Crippen LogP) is 2.08. The van der Waals surface area contributed by atoms with Crippen molar-refractivity contribution in [2.45, 2.75) is 12.8 Å². The van der Waals surface area contributed by atoms with E-state index in [9.17, 15) is 4.79 Å². The number of piperidine rings is 1. The smallest absolute Gasteiger partial charge is 0.228 e. The van der Waals surface area contributed by atoms with Gasteiger partial charge >= 0.3 is 0 Å². The van der Waals surface area contributed by atoms with Gasteiger partial charge in [0.25, 0.3) is 0 Å². The van der Waals surface area contributed by atoms with Gasteiger partial charge in [-0.15, -0.1) is 0 Å². The summed E-state index contributed by atoms with van der Waals surface area (Å²) < 4.78 is 0. The molecule has 0 bridgehead atoms. The van der Waals surface area contributed by atoms with Crippen molar-refractivity contribution < 1.29 is 4.79 Å². The molecule has 1 aromatic heterocycles. The van der Waals surface area contributed by atoms with Crippen LogP contribution in [0.25, 0.3) is 11.1 Å². The fraction of sp³-hybridized carbons (Fsp3) is 0.312. The van der Waals surface area contributed by atoms with Gasteiger partial charge in [-0.2, -0.15) is 0 Å². The molecule has 21 heavy (non-hydrogen) atoms. The molecule has 1 amide bonds. The first-order chi connectivity index (χ1) is 10.3. The number of anilines is 1. The molecule has 5 heteroatoms. The van der Waals surface area contributed by atoms with Crippen molar-refractivity contribution in [1.29, 1.82) is 0 Å². The monoisotopic (exact) mass is 282 g/mol. The van der Waals surface area contributed by atoms with Crippen LogP contribution in [0.15, 0.2) is 42.9 Å². The summed E-state index contributed by atoms with van der Waals surface area (Å²) in [6.07, 6.45) is 4.94. The molecule has 2 aromatic rings. The van der Waals surface area contributed by atoms with Crippen LogP contribution in [0, 0.1) is 5.92 Å². The SMILES string of the molecule is O=C(Nc1ncncc1-c1ccccc1)C1CCNCC1. The van der Waals surface area contributed by atoms with Crippen LogP contribution in [0.4, 0.5) is 5.82 Å². The second-order valence-electron chi connectivity index (χ2n) is 5.16. The molecular weight excluding hydrogens is 264 g/mol. The lowest BCUT2D eigenvalue weighted by atomic mass is 9.97. The highest BCUT2D eigenvalue weighted by atomic mass is 16.1. The zero-order valence-electron chi connectivity index (χ0n) is 11.7. The summed E-state index contributed by atoms with van der Waals surface area (Å²) >= 11 is 0. The number of nitrogens with one attached hydrogen (secondary N) is 2. The summed E-state index contributed by atoms with van der Waals surface area (Å²) in [4.78, 5) is 20.7. The van der Waals surface area contributed by atoms with Crippen molar-refractivity contribution in [3.63, 3.8) is 0 Å². The second-order valence-corrected chi connectivity index (χ2v) is 5.16. The van der Waals surface area contributed by atoms with Gasteiger partial charge in [0.05, 0.1) is 0 Å². The van der Waals surface area contributed by atoms with Crippen LogP contribution in [-0.4, -0.2) is 29.0 Å². The van der Waals surface area contributed by atoms with Crippen LogP contribution in [0.5, 0.6) is 0 Å². The van der Waals surface area contributed by atoms with Crippen LogP contribution in [0.2, 0.25) is 0 Å². The summed E-state index contributed by atoms with van der Waals surface area (Å²) in [6.45, 7) is 1.79. The number of carbonyl (C=O) groups excluding carboxylic acids is 1. The molecule has 1 aromatic carbocycles. The Bertz CT molecular complexity index is 609. The number of aromatic nitrogens is 2.